The molecule has 0 atom stereocenters. The van der Waals surface area contributed by atoms with Crippen molar-refractivity contribution in [2.45, 2.75) is 18.8 Å². The van der Waals surface area contributed by atoms with Crippen LogP contribution in [0, 0.1) is 0 Å². The van der Waals surface area contributed by atoms with Crippen LogP contribution in [0.1, 0.15) is 30.0 Å². The number of rotatable bonds is 4. The molecule has 0 aliphatic heterocycles. The van der Waals surface area contributed by atoms with E-state index in [0.717, 1.165) is 10.8 Å². The van der Waals surface area contributed by atoms with Gasteiger partial charge in [0.25, 0.3) is 0 Å². The molecule has 1 aliphatic rings. The van der Waals surface area contributed by atoms with Gasteiger partial charge in [0.15, 0.2) is 5.13 Å². The van der Waals surface area contributed by atoms with Crippen LogP contribution in [0.4, 0.5) is 10.9 Å². The summed E-state index contributed by atoms with van der Waals surface area (Å²) in [5.74, 6) is 1.26. The van der Waals surface area contributed by atoms with Crippen molar-refractivity contribution in [2.24, 2.45) is 5.73 Å². The summed E-state index contributed by atoms with van der Waals surface area (Å²) in [7, 11) is 0. The normalized spacial score (nSPS) is 14.4. The van der Waals surface area contributed by atoms with Crippen molar-refractivity contribution in [1.82, 2.24) is 15.0 Å². The van der Waals surface area contributed by atoms with Crippen LogP contribution in [0.3, 0.4) is 0 Å². The molecule has 1 fully saturated rings. The highest BCUT2D eigenvalue weighted by Gasteiger charge is 2.26. The van der Waals surface area contributed by atoms with Gasteiger partial charge < -0.3 is 11.1 Å². The summed E-state index contributed by atoms with van der Waals surface area (Å²) in [6, 6.07) is 0. The van der Waals surface area contributed by atoms with E-state index in [1.807, 2.05) is 0 Å². The number of hydrogen-bond donors (Lipinski definition) is 2. The maximum atomic E-state index is 5.63. The first-order valence-electron chi connectivity index (χ1n) is 5.56. The third kappa shape index (κ3) is 2.32. The van der Waals surface area contributed by atoms with E-state index in [2.05, 4.69) is 25.6 Å². The second kappa shape index (κ2) is 4.58. The molecule has 1 aliphatic carbocycles. The smallest absolute Gasteiger partial charge is 0.188 e. The minimum absolute atomic E-state index is 0.275. The Morgan fingerprint density at radius 1 is 1.50 bits per heavy atom. The second-order valence-corrected chi connectivity index (χ2v) is 5.42. The van der Waals surface area contributed by atoms with E-state index < -0.39 is 0 Å². The van der Waals surface area contributed by atoms with Gasteiger partial charge >= 0.3 is 0 Å². The second-order valence-electron chi connectivity index (χ2n) is 4.13. The van der Waals surface area contributed by atoms with Gasteiger partial charge in [0.1, 0.15) is 17.1 Å². The zero-order valence-electron chi connectivity index (χ0n) is 9.46. The van der Waals surface area contributed by atoms with Gasteiger partial charge in [-0.1, -0.05) is 12.2 Å². The molecule has 2 aromatic rings. The van der Waals surface area contributed by atoms with Crippen molar-refractivity contribution in [3.63, 3.8) is 0 Å². The maximum Gasteiger partial charge on any atom is 0.188 e. The molecule has 0 bridgehead atoms. The fraction of sp³-hybridized carbons (Fsp3) is 0.273. The SMILES string of the molecule is NC(=S)c1cncnc1Nc1nc(C2CC2)cs1. The fourth-order valence-corrected chi connectivity index (χ4v) is 2.56. The molecule has 1 saturated carbocycles. The van der Waals surface area contributed by atoms with Gasteiger partial charge in [-0.25, -0.2) is 15.0 Å². The van der Waals surface area contributed by atoms with Crippen molar-refractivity contribution >= 4 is 39.5 Å². The van der Waals surface area contributed by atoms with Gasteiger partial charge in [-0.3, -0.25) is 0 Å². The zero-order valence-corrected chi connectivity index (χ0v) is 11.1. The Hall–Kier alpha value is -1.60. The molecule has 2 heterocycles. The largest absolute Gasteiger partial charge is 0.389 e. The summed E-state index contributed by atoms with van der Waals surface area (Å²) < 4.78 is 0. The highest BCUT2D eigenvalue weighted by Crippen LogP contribution is 2.41. The minimum Gasteiger partial charge on any atom is -0.389 e. The highest BCUT2D eigenvalue weighted by atomic mass is 32.1. The van der Waals surface area contributed by atoms with Crippen molar-refractivity contribution in [3.8, 4) is 0 Å². The summed E-state index contributed by atoms with van der Waals surface area (Å²) in [6.07, 6.45) is 5.55. The third-order valence-electron chi connectivity index (χ3n) is 2.72. The summed E-state index contributed by atoms with van der Waals surface area (Å²) >= 11 is 6.53. The average Bonchev–Trinajstić information content (AvgIpc) is 3.11. The predicted molar refractivity (Wildman–Crippen MR) is 75.3 cm³/mol. The minimum atomic E-state index is 0.275. The Morgan fingerprint density at radius 3 is 3.06 bits per heavy atom. The van der Waals surface area contributed by atoms with Crippen LogP contribution in [-0.4, -0.2) is 19.9 Å². The monoisotopic (exact) mass is 277 g/mol. The van der Waals surface area contributed by atoms with E-state index in [1.54, 1.807) is 17.5 Å². The Morgan fingerprint density at radius 2 is 2.33 bits per heavy atom. The Labute approximate surface area is 113 Å². The maximum absolute atomic E-state index is 5.63. The van der Waals surface area contributed by atoms with E-state index in [-0.39, 0.29) is 4.99 Å². The molecular weight excluding hydrogens is 266 g/mol. The van der Waals surface area contributed by atoms with Crippen LogP contribution in [0.25, 0.3) is 0 Å². The highest BCUT2D eigenvalue weighted by molar-refractivity contribution is 7.80. The van der Waals surface area contributed by atoms with Crippen LogP contribution in [-0.2, 0) is 0 Å². The molecule has 0 radical (unpaired) electrons. The topological polar surface area (TPSA) is 76.7 Å². The van der Waals surface area contributed by atoms with E-state index in [4.69, 9.17) is 18.0 Å². The van der Waals surface area contributed by atoms with E-state index in [0.29, 0.717) is 17.3 Å². The summed E-state index contributed by atoms with van der Waals surface area (Å²) in [4.78, 5) is 12.9. The van der Waals surface area contributed by atoms with Gasteiger partial charge in [-0.15, -0.1) is 11.3 Å². The molecule has 0 spiro atoms. The molecule has 92 valence electrons. The van der Waals surface area contributed by atoms with Gasteiger partial charge in [0.2, 0.25) is 0 Å². The van der Waals surface area contributed by atoms with Gasteiger partial charge in [0, 0.05) is 17.5 Å². The number of nitrogens with one attached hydrogen (secondary N) is 1. The molecule has 0 amide bonds. The van der Waals surface area contributed by atoms with Gasteiger partial charge in [0.05, 0.1) is 11.3 Å². The number of aromatic nitrogens is 3. The van der Waals surface area contributed by atoms with Crippen LogP contribution >= 0.6 is 23.6 Å². The molecule has 3 rings (SSSR count). The van der Waals surface area contributed by atoms with Crippen molar-refractivity contribution in [3.05, 3.63) is 29.2 Å². The lowest BCUT2D eigenvalue weighted by Crippen LogP contribution is -2.13. The van der Waals surface area contributed by atoms with Crippen LogP contribution in [0.15, 0.2) is 17.9 Å². The molecule has 7 heteroatoms. The summed E-state index contributed by atoms with van der Waals surface area (Å²) in [5, 5.41) is 6.04. The van der Waals surface area contributed by atoms with Gasteiger partial charge in [-0.2, -0.15) is 0 Å². The Kier molecular flexibility index (Phi) is 2.92. The predicted octanol–water partition coefficient (Wildman–Crippen LogP) is 2.19. The molecule has 18 heavy (non-hydrogen) atoms. The number of nitrogens with two attached hydrogens (primary N) is 1. The van der Waals surface area contributed by atoms with Crippen molar-refractivity contribution < 1.29 is 0 Å². The third-order valence-corrected chi connectivity index (χ3v) is 3.72. The Balaban J connectivity index is 1.84. The molecular formula is C11H11N5S2. The lowest BCUT2D eigenvalue weighted by Gasteiger charge is -2.06. The lowest BCUT2D eigenvalue weighted by atomic mass is 10.3. The summed E-state index contributed by atoms with van der Waals surface area (Å²) in [5.41, 5.74) is 7.42. The number of thiazole rings is 1. The fourth-order valence-electron chi connectivity index (χ4n) is 1.62. The van der Waals surface area contributed by atoms with E-state index in [9.17, 15) is 0 Å². The summed E-state index contributed by atoms with van der Waals surface area (Å²) in [6.45, 7) is 0. The number of nitrogens with zero attached hydrogens (tertiary/aromatic N) is 3. The number of hydrogen-bond acceptors (Lipinski definition) is 6. The quantitative estimate of drug-likeness (QED) is 0.834. The average molecular weight is 277 g/mol. The van der Waals surface area contributed by atoms with Crippen molar-refractivity contribution in [2.75, 3.05) is 5.32 Å². The first-order valence-corrected chi connectivity index (χ1v) is 6.85. The van der Waals surface area contributed by atoms with Crippen LogP contribution in [0.2, 0.25) is 0 Å². The molecule has 3 N–H and O–H groups in total. The zero-order chi connectivity index (χ0) is 12.5. The van der Waals surface area contributed by atoms with Crippen molar-refractivity contribution in [1.29, 1.82) is 0 Å². The van der Waals surface area contributed by atoms with Crippen LogP contribution < -0.4 is 11.1 Å². The lowest BCUT2D eigenvalue weighted by molar-refractivity contribution is 1.05. The number of anilines is 2. The molecule has 0 saturated heterocycles. The standard InChI is InChI=1S/C11H11N5S2/c12-9(17)7-3-13-5-14-10(7)16-11-15-8(4-18-11)6-1-2-6/h3-6H,1-2H2,(H2,12,17)(H,13,14,15,16). The molecule has 0 aromatic carbocycles. The van der Waals surface area contributed by atoms with Crippen LogP contribution in [0.5, 0.6) is 0 Å². The Bertz CT molecular complexity index is 591. The van der Waals surface area contributed by atoms with Gasteiger partial charge in [-0.05, 0) is 12.8 Å². The number of thiocarbonyl (C=S) groups is 1. The molecule has 2 aromatic heterocycles. The molecule has 0 unspecified atom stereocenters. The first kappa shape index (κ1) is 11.5. The van der Waals surface area contributed by atoms with E-state index in [1.165, 1.54) is 19.2 Å². The van der Waals surface area contributed by atoms with E-state index >= 15 is 0 Å². The molecule has 5 nitrogen and oxygen atoms in total. The first-order chi connectivity index (χ1) is 8.74.